The Balaban J connectivity index is 2.43. The topological polar surface area (TPSA) is 50.8 Å². The van der Waals surface area contributed by atoms with Gasteiger partial charge in [0.15, 0.2) is 5.65 Å². The molecule has 2 heterocycles. The summed E-state index contributed by atoms with van der Waals surface area (Å²) in [7, 11) is 0. The molecular weight excluding hydrogens is 202 g/mol. The second-order valence-corrected chi connectivity index (χ2v) is 3.04. The maximum atomic E-state index is 5.65. The van der Waals surface area contributed by atoms with Gasteiger partial charge < -0.3 is 9.72 Å². The van der Waals surface area contributed by atoms with Crippen molar-refractivity contribution in [3.8, 4) is 5.88 Å². The van der Waals surface area contributed by atoms with Gasteiger partial charge in [-0.15, -0.1) is 11.6 Å². The van der Waals surface area contributed by atoms with Gasteiger partial charge in [-0.25, -0.2) is 4.98 Å². The van der Waals surface area contributed by atoms with Crippen molar-refractivity contribution in [2.24, 2.45) is 0 Å². The number of alkyl halides is 1. The highest BCUT2D eigenvalue weighted by Crippen LogP contribution is 2.15. The molecule has 0 spiro atoms. The lowest BCUT2D eigenvalue weighted by atomic mass is 10.4. The minimum absolute atomic E-state index is 0.361. The Morgan fingerprint density at radius 2 is 2.29 bits per heavy atom. The van der Waals surface area contributed by atoms with E-state index in [0.717, 1.165) is 11.3 Å². The van der Waals surface area contributed by atoms with Crippen LogP contribution in [0, 0.1) is 0 Å². The first kappa shape index (κ1) is 9.27. The summed E-state index contributed by atoms with van der Waals surface area (Å²) in [5.74, 6) is 1.68. The van der Waals surface area contributed by atoms with Gasteiger partial charge in [0.05, 0.1) is 18.0 Å². The summed E-state index contributed by atoms with van der Waals surface area (Å²) < 4.78 is 5.26. The Hall–Kier alpha value is -1.29. The molecule has 0 aromatic carbocycles. The van der Waals surface area contributed by atoms with E-state index in [1.165, 1.54) is 0 Å². The van der Waals surface area contributed by atoms with Gasteiger partial charge in [0, 0.05) is 6.07 Å². The molecular formula is C9H10ClN3O. The van der Waals surface area contributed by atoms with E-state index in [4.69, 9.17) is 16.3 Å². The summed E-state index contributed by atoms with van der Waals surface area (Å²) in [5, 5.41) is 0. The maximum Gasteiger partial charge on any atom is 0.215 e. The van der Waals surface area contributed by atoms with Gasteiger partial charge in [-0.1, -0.05) is 0 Å². The first-order chi connectivity index (χ1) is 6.83. The predicted octanol–water partition coefficient (Wildman–Crippen LogP) is 2.10. The number of imidazole rings is 1. The molecule has 2 aromatic heterocycles. The van der Waals surface area contributed by atoms with Crippen LogP contribution in [-0.4, -0.2) is 21.6 Å². The number of fused-ring (bicyclic) bond motifs is 1. The molecule has 4 nitrogen and oxygen atoms in total. The number of nitrogens with one attached hydrogen (secondary N) is 1. The summed E-state index contributed by atoms with van der Waals surface area (Å²) in [6.45, 7) is 2.52. The van der Waals surface area contributed by atoms with Crippen LogP contribution in [0.5, 0.6) is 5.88 Å². The fraction of sp³-hybridized carbons (Fsp3) is 0.333. The molecule has 0 saturated carbocycles. The summed E-state index contributed by atoms with van der Waals surface area (Å²) in [6, 6.07) is 3.69. The Morgan fingerprint density at radius 3 is 3.00 bits per heavy atom. The van der Waals surface area contributed by atoms with Crippen molar-refractivity contribution in [3.05, 3.63) is 18.0 Å². The molecule has 2 aromatic rings. The van der Waals surface area contributed by atoms with Gasteiger partial charge in [0.25, 0.3) is 0 Å². The van der Waals surface area contributed by atoms with Crippen molar-refractivity contribution in [2.45, 2.75) is 12.8 Å². The summed E-state index contributed by atoms with van der Waals surface area (Å²) in [4.78, 5) is 11.5. The van der Waals surface area contributed by atoms with E-state index in [1.807, 2.05) is 19.1 Å². The van der Waals surface area contributed by atoms with Crippen LogP contribution in [0.4, 0.5) is 0 Å². The third-order valence-electron chi connectivity index (χ3n) is 1.79. The number of H-pyrrole nitrogens is 1. The van der Waals surface area contributed by atoms with Crippen LogP contribution in [0.2, 0.25) is 0 Å². The van der Waals surface area contributed by atoms with E-state index in [0.29, 0.717) is 24.0 Å². The lowest BCUT2D eigenvalue weighted by molar-refractivity contribution is 0.328. The molecule has 74 valence electrons. The summed E-state index contributed by atoms with van der Waals surface area (Å²) in [6.07, 6.45) is 0. The van der Waals surface area contributed by atoms with Crippen LogP contribution < -0.4 is 4.74 Å². The first-order valence-electron chi connectivity index (χ1n) is 4.38. The minimum Gasteiger partial charge on any atom is -0.478 e. The second kappa shape index (κ2) is 3.84. The van der Waals surface area contributed by atoms with Crippen LogP contribution in [0.15, 0.2) is 12.1 Å². The molecule has 0 aliphatic heterocycles. The van der Waals surface area contributed by atoms with Crippen LogP contribution in [0.3, 0.4) is 0 Å². The monoisotopic (exact) mass is 211 g/mol. The normalized spacial score (nSPS) is 10.7. The molecule has 1 N–H and O–H groups in total. The van der Waals surface area contributed by atoms with E-state index >= 15 is 0 Å². The number of aromatic nitrogens is 3. The average molecular weight is 212 g/mol. The average Bonchev–Trinajstić information content (AvgIpc) is 2.60. The van der Waals surface area contributed by atoms with Crippen molar-refractivity contribution in [1.29, 1.82) is 0 Å². The highest BCUT2D eigenvalue weighted by Gasteiger charge is 2.04. The Morgan fingerprint density at radius 1 is 1.43 bits per heavy atom. The number of rotatable bonds is 3. The molecule has 14 heavy (non-hydrogen) atoms. The summed E-state index contributed by atoms with van der Waals surface area (Å²) in [5.41, 5.74) is 1.52. The molecule has 0 aliphatic rings. The SMILES string of the molecule is CCOc1ccc2[nH]c(CCl)nc2n1. The highest BCUT2D eigenvalue weighted by molar-refractivity contribution is 6.16. The molecule has 0 amide bonds. The lowest BCUT2D eigenvalue weighted by Gasteiger charge is -1.99. The van der Waals surface area contributed by atoms with E-state index in [9.17, 15) is 0 Å². The van der Waals surface area contributed by atoms with Gasteiger partial charge in [-0.3, -0.25) is 0 Å². The van der Waals surface area contributed by atoms with Crippen molar-refractivity contribution >= 4 is 22.8 Å². The number of pyridine rings is 1. The van der Waals surface area contributed by atoms with E-state index in [-0.39, 0.29) is 0 Å². The van der Waals surface area contributed by atoms with Crippen LogP contribution >= 0.6 is 11.6 Å². The predicted molar refractivity (Wildman–Crippen MR) is 54.6 cm³/mol. The summed E-state index contributed by atoms with van der Waals surface area (Å²) >= 11 is 5.65. The van der Waals surface area contributed by atoms with Gasteiger partial charge in [-0.2, -0.15) is 4.98 Å². The standard InChI is InChI=1S/C9H10ClN3O/c1-2-14-8-4-3-6-9(13-8)12-7(5-10)11-6/h3-4H,2,5H2,1H3,(H,11,12,13). The Labute approximate surface area is 86.3 Å². The fourth-order valence-corrected chi connectivity index (χ4v) is 1.34. The van der Waals surface area contributed by atoms with Gasteiger partial charge in [0.2, 0.25) is 5.88 Å². The van der Waals surface area contributed by atoms with Crippen LogP contribution in [0.25, 0.3) is 11.2 Å². The zero-order valence-electron chi connectivity index (χ0n) is 7.75. The van der Waals surface area contributed by atoms with Crippen molar-refractivity contribution in [1.82, 2.24) is 15.0 Å². The number of ether oxygens (including phenoxy) is 1. The maximum absolute atomic E-state index is 5.65. The van der Waals surface area contributed by atoms with E-state index in [2.05, 4.69) is 15.0 Å². The molecule has 0 aliphatic carbocycles. The highest BCUT2D eigenvalue weighted by atomic mass is 35.5. The quantitative estimate of drug-likeness (QED) is 0.791. The molecule has 5 heteroatoms. The molecule has 0 saturated heterocycles. The third kappa shape index (κ3) is 1.65. The number of hydrogen-bond donors (Lipinski definition) is 1. The molecule has 0 unspecified atom stereocenters. The number of aromatic amines is 1. The number of halogens is 1. The molecule has 0 bridgehead atoms. The Bertz CT molecular complexity index is 441. The van der Waals surface area contributed by atoms with Gasteiger partial charge in [0.1, 0.15) is 5.82 Å². The second-order valence-electron chi connectivity index (χ2n) is 2.77. The lowest BCUT2D eigenvalue weighted by Crippen LogP contribution is -1.93. The fourth-order valence-electron chi connectivity index (χ4n) is 1.22. The molecule has 0 atom stereocenters. The van der Waals surface area contributed by atoms with Crippen molar-refractivity contribution in [3.63, 3.8) is 0 Å². The van der Waals surface area contributed by atoms with Gasteiger partial charge in [-0.05, 0) is 13.0 Å². The van der Waals surface area contributed by atoms with Crippen molar-refractivity contribution in [2.75, 3.05) is 6.61 Å². The number of hydrogen-bond acceptors (Lipinski definition) is 3. The zero-order chi connectivity index (χ0) is 9.97. The first-order valence-corrected chi connectivity index (χ1v) is 4.91. The van der Waals surface area contributed by atoms with Gasteiger partial charge >= 0.3 is 0 Å². The van der Waals surface area contributed by atoms with E-state index < -0.39 is 0 Å². The molecule has 0 fully saturated rings. The largest absolute Gasteiger partial charge is 0.478 e. The van der Waals surface area contributed by atoms with Crippen LogP contribution in [-0.2, 0) is 5.88 Å². The Kier molecular flexibility index (Phi) is 2.54. The zero-order valence-corrected chi connectivity index (χ0v) is 8.51. The molecule has 2 rings (SSSR count). The smallest absolute Gasteiger partial charge is 0.215 e. The van der Waals surface area contributed by atoms with Crippen molar-refractivity contribution < 1.29 is 4.74 Å². The minimum atomic E-state index is 0.361. The molecule has 0 radical (unpaired) electrons. The number of nitrogens with zero attached hydrogens (tertiary/aromatic N) is 2. The van der Waals surface area contributed by atoms with Crippen LogP contribution in [0.1, 0.15) is 12.7 Å². The third-order valence-corrected chi connectivity index (χ3v) is 2.04. The van der Waals surface area contributed by atoms with E-state index in [1.54, 1.807) is 0 Å².